The van der Waals surface area contributed by atoms with E-state index in [0.717, 1.165) is 5.69 Å². The Morgan fingerprint density at radius 2 is 1.35 bits per heavy atom. The summed E-state index contributed by atoms with van der Waals surface area (Å²) in [7, 11) is -1.55. The van der Waals surface area contributed by atoms with E-state index in [1.807, 2.05) is 30.3 Å². The predicted molar refractivity (Wildman–Crippen MR) is 101 cm³/mol. The third-order valence-electron chi connectivity index (χ3n) is 3.63. The van der Waals surface area contributed by atoms with Crippen molar-refractivity contribution in [1.29, 1.82) is 0 Å². The summed E-state index contributed by atoms with van der Waals surface area (Å²) in [4.78, 5) is 12.2. The fourth-order valence-electron chi connectivity index (χ4n) is 2.23. The van der Waals surface area contributed by atoms with Crippen molar-refractivity contribution in [2.24, 2.45) is 10.2 Å². The molecule has 3 N–H and O–H groups in total. The Morgan fingerprint density at radius 3 is 1.92 bits per heavy atom. The molecule has 0 radical (unpaired) electrons. The van der Waals surface area contributed by atoms with Crippen molar-refractivity contribution in [1.82, 2.24) is 0 Å². The molecule has 0 atom stereocenters. The van der Waals surface area contributed by atoms with E-state index < -0.39 is 7.12 Å². The van der Waals surface area contributed by atoms with E-state index in [2.05, 4.69) is 15.5 Å². The van der Waals surface area contributed by atoms with Crippen LogP contribution >= 0.6 is 0 Å². The molecule has 3 aromatic rings. The summed E-state index contributed by atoms with van der Waals surface area (Å²) in [6.45, 7) is 0. The molecule has 0 aliphatic rings. The first-order chi connectivity index (χ1) is 12.6. The lowest BCUT2D eigenvalue weighted by atomic mass is 9.80. The van der Waals surface area contributed by atoms with Crippen LogP contribution in [0.3, 0.4) is 0 Å². The second-order valence-corrected chi connectivity index (χ2v) is 5.53. The van der Waals surface area contributed by atoms with Crippen LogP contribution in [0.25, 0.3) is 0 Å². The van der Waals surface area contributed by atoms with Crippen LogP contribution in [0.1, 0.15) is 10.4 Å². The Kier molecular flexibility index (Phi) is 5.53. The van der Waals surface area contributed by atoms with E-state index in [9.17, 15) is 4.79 Å². The van der Waals surface area contributed by atoms with Crippen molar-refractivity contribution in [3.63, 3.8) is 0 Å². The van der Waals surface area contributed by atoms with Crippen LogP contribution < -0.4 is 10.8 Å². The molecule has 0 fully saturated rings. The molecule has 0 spiro atoms. The minimum Gasteiger partial charge on any atom is -0.423 e. The van der Waals surface area contributed by atoms with Crippen LogP contribution in [0.5, 0.6) is 0 Å². The van der Waals surface area contributed by atoms with Gasteiger partial charge in [-0.1, -0.05) is 30.3 Å². The first-order valence-corrected chi connectivity index (χ1v) is 7.96. The van der Waals surface area contributed by atoms with Gasteiger partial charge in [0.05, 0.1) is 11.4 Å². The SMILES string of the molecule is O=C(Nc1ccc(N=Nc2ccccc2)cc1)c1ccc(B(O)O)cc1. The monoisotopic (exact) mass is 345 g/mol. The van der Waals surface area contributed by atoms with Gasteiger partial charge in [-0.3, -0.25) is 4.79 Å². The molecule has 6 nitrogen and oxygen atoms in total. The van der Waals surface area contributed by atoms with Gasteiger partial charge < -0.3 is 15.4 Å². The van der Waals surface area contributed by atoms with Crippen molar-refractivity contribution in [2.45, 2.75) is 0 Å². The summed E-state index contributed by atoms with van der Waals surface area (Å²) in [5.74, 6) is -0.289. The van der Waals surface area contributed by atoms with Crippen LogP contribution in [0.15, 0.2) is 89.1 Å². The van der Waals surface area contributed by atoms with E-state index in [1.165, 1.54) is 24.3 Å². The number of azo groups is 1. The van der Waals surface area contributed by atoms with Crippen LogP contribution in [-0.4, -0.2) is 23.1 Å². The highest BCUT2D eigenvalue weighted by atomic mass is 16.4. The quantitative estimate of drug-likeness (QED) is 0.490. The van der Waals surface area contributed by atoms with Gasteiger partial charge in [0.25, 0.3) is 5.91 Å². The smallest absolute Gasteiger partial charge is 0.423 e. The summed E-state index contributed by atoms with van der Waals surface area (Å²) in [5, 5.41) is 29.2. The number of amides is 1. The normalized spacial score (nSPS) is 10.7. The summed E-state index contributed by atoms with van der Waals surface area (Å²) >= 11 is 0. The molecule has 3 aromatic carbocycles. The zero-order valence-electron chi connectivity index (χ0n) is 13.8. The Balaban J connectivity index is 1.63. The largest absolute Gasteiger partial charge is 0.488 e. The molecule has 26 heavy (non-hydrogen) atoms. The molecule has 0 aromatic heterocycles. The van der Waals surface area contributed by atoms with Gasteiger partial charge in [0.15, 0.2) is 0 Å². The lowest BCUT2D eigenvalue weighted by Gasteiger charge is -2.06. The number of carbonyl (C=O) groups excluding carboxylic acids is 1. The van der Waals surface area contributed by atoms with E-state index in [1.54, 1.807) is 24.3 Å². The van der Waals surface area contributed by atoms with Gasteiger partial charge in [0.1, 0.15) is 0 Å². The van der Waals surface area contributed by atoms with E-state index >= 15 is 0 Å². The van der Waals surface area contributed by atoms with Crippen molar-refractivity contribution < 1.29 is 14.8 Å². The topological polar surface area (TPSA) is 94.3 Å². The Labute approximate surface area is 151 Å². The maximum absolute atomic E-state index is 12.2. The third kappa shape index (κ3) is 4.63. The number of hydrogen-bond donors (Lipinski definition) is 3. The zero-order valence-corrected chi connectivity index (χ0v) is 13.8. The van der Waals surface area contributed by atoms with E-state index in [4.69, 9.17) is 10.0 Å². The molecule has 0 aliphatic heterocycles. The van der Waals surface area contributed by atoms with Gasteiger partial charge >= 0.3 is 7.12 Å². The number of hydrogen-bond acceptors (Lipinski definition) is 5. The fourth-order valence-corrected chi connectivity index (χ4v) is 2.23. The summed E-state index contributed by atoms with van der Waals surface area (Å²) in [6, 6.07) is 22.5. The van der Waals surface area contributed by atoms with E-state index in [0.29, 0.717) is 22.4 Å². The minimum absolute atomic E-state index is 0.289. The van der Waals surface area contributed by atoms with Crippen LogP contribution in [0.4, 0.5) is 17.1 Å². The summed E-state index contributed by atoms with van der Waals surface area (Å²) in [5.41, 5.74) is 2.81. The number of rotatable bonds is 5. The molecule has 0 heterocycles. The molecular formula is C19H16BN3O3. The van der Waals surface area contributed by atoms with Gasteiger partial charge in [-0.15, -0.1) is 0 Å². The molecule has 0 unspecified atom stereocenters. The number of benzene rings is 3. The highest BCUT2D eigenvalue weighted by molar-refractivity contribution is 6.58. The van der Waals surface area contributed by atoms with Crippen LogP contribution in [-0.2, 0) is 0 Å². The van der Waals surface area contributed by atoms with Crippen LogP contribution in [0.2, 0.25) is 0 Å². The van der Waals surface area contributed by atoms with Crippen molar-refractivity contribution in [3.05, 3.63) is 84.4 Å². The second kappa shape index (κ2) is 8.20. The lowest BCUT2D eigenvalue weighted by molar-refractivity contribution is 0.102. The lowest BCUT2D eigenvalue weighted by Crippen LogP contribution is -2.29. The first-order valence-electron chi connectivity index (χ1n) is 7.96. The minimum atomic E-state index is -1.55. The maximum Gasteiger partial charge on any atom is 0.488 e. The summed E-state index contributed by atoms with van der Waals surface area (Å²) in [6.07, 6.45) is 0. The number of nitrogens with one attached hydrogen (secondary N) is 1. The highest BCUT2D eigenvalue weighted by Gasteiger charge is 2.12. The Hall–Kier alpha value is -3.29. The molecule has 0 bridgehead atoms. The molecular weight excluding hydrogens is 329 g/mol. The average Bonchev–Trinajstić information content (AvgIpc) is 2.68. The van der Waals surface area contributed by atoms with Crippen molar-refractivity contribution >= 4 is 35.6 Å². The van der Waals surface area contributed by atoms with Gasteiger partial charge in [-0.05, 0) is 54.0 Å². The fraction of sp³-hybridized carbons (Fsp3) is 0. The second-order valence-electron chi connectivity index (χ2n) is 5.53. The molecule has 3 rings (SSSR count). The molecule has 0 saturated heterocycles. The van der Waals surface area contributed by atoms with E-state index in [-0.39, 0.29) is 5.91 Å². The van der Waals surface area contributed by atoms with Gasteiger partial charge in [-0.25, -0.2) is 0 Å². The number of nitrogens with zero attached hydrogens (tertiary/aromatic N) is 2. The number of anilines is 1. The standard InChI is InChI=1S/C19H16BN3O3/c24-19(14-6-8-15(9-7-14)20(25)26)21-16-10-12-18(13-11-16)23-22-17-4-2-1-3-5-17/h1-13,25-26H,(H,21,24). The van der Waals surface area contributed by atoms with Crippen molar-refractivity contribution in [3.8, 4) is 0 Å². The molecule has 0 aliphatic carbocycles. The Bertz CT molecular complexity index is 896. The predicted octanol–water partition coefficient (Wildman–Crippen LogP) is 3.03. The zero-order chi connectivity index (χ0) is 18.4. The third-order valence-corrected chi connectivity index (χ3v) is 3.63. The maximum atomic E-state index is 12.2. The number of carbonyl (C=O) groups is 1. The molecule has 7 heteroatoms. The van der Waals surface area contributed by atoms with Gasteiger partial charge in [0, 0.05) is 11.3 Å². The van der Waals surface area contributed by atoms with Crippen LogP contribution in [0, 0.1) is 0 Å². The molecule has 0 saturated carbocycles. The Morgan fingerprint density at radius 1 is 0.769 bits per heavy atom. The average molecular weight is 345 g/mol. The van der Waals surface area contributed by atoms with Gasteiger partial charge in [-0.2, -0.15) is 10.2 Å². The molecule has 1 amide bonds. The highest BCUT2D eigenvalue weighted by Crippen LogP contribution is 2.20. The summed E-state index contributed by atoms with van der Waals surface area (Å²) < 4.78 is 0. The molecule has 128 valence electrons. The first kappa shape index (κ1) is 17.5. The van der Waals surface area contributed by atoms with Crippen molar-refractivity contribution in [2.75, 3.05) is 5.32 Å². The van der Waals surface area contributed by atoms with Gasteiger partial charge in [0.2, 0.25) is 0 Å².